The fraction of sp³-hybridized carbons (Fsp3) is 0.0714. The minimum Gasteiger partial charge on any atom is -0.380 e. The van der Waals surface area contributed by atoms with E-state index >= 15 is 0 Å². The number of halogens is 3. The second-order valence-electron chi connectivity index (χ2n) is 4.15. The molecule has 3 nitrogen and oxygen atoms in total. The van der Waals surface area contributed by atoms with Gasteiger partial charge in [-0.3, -0.25) is 4.79 Å². The van der Waals surface area contributed by atoms with Gasteiger partial charge in [0.1, 0.15) is 5.82 Å². The highest BCUT2D eigenvalue weighted by Crippen LogP contribution is 2.25. The van der Waals surface area contributed by atoms with Crippen LogP contribution in [-0.2, 0) is 6.54 Å². The molecule has 0 bridgehead atoms. The number of rotatable bonds is 4. The standard InChI is InChI=1S/C14H11BrClFN2O/c15-11-4-3-10(17)6-13(11)19-7-9-2-1-8(14(18)20)5-12(9)16/h1-6,19H,7H2,(H2,18,20). The molecule has 6 heteroatoms. The van der Waals surface area contributed by atoms with Crippen LogP contribution in [0, 0.1) is 5.82 Å². The van der Waals surface area contributed by atoms with E-state index in [0.717, 1.165) is 10.0 Å². The van der Waals surface area contributed by atoms with Crippen molar-refractivity contribution in [2.24, 2.45) is 5.73 Å². The monoisotopic (exact) mass is 356 g/mol. The van der Waals surface area contributed by atoms with E-state index in [4.69, 9.17) is 17.3 Å². The zero-order valence-corrected chi connectivity index (χ0v) is 12.6. The Morgan fingerprint density at radius 2 is 2.05 bits per heavy atom. The van der Waals surface area contributed by atoms with Crippen molar-refractivity contribution < 1.29 is 9.18 Å². The molecule has 0 fully saturated rings. The Balaban J connectivity index is 2.15. The van der Waals surface area contributed by atoms with E-state index in [0.29, 0.717) is 22.8 Å². The minimum absolute atomic E-state index is 0.328. The Hall–Kier alpha value is -1.59. The lowest BCUT2D eigenvalue weighted by Crippen LogP contribution is -2.11. The summed E-state index contributed by atoms with van der Waals surface area (Å²) in [5, 5.41) is 3.50. The number of anilines is 1. The molecule has 1 amide bonds. The van der Waals surface area contributed by atoms with Gasteiger partial charge < -0.3 is 11.1 Å². The van der Waals surface area contributed by atoms with E-state index in [1.807, 2.05) is 0 Å². The number of benzene rings is 2. The molecule has 0 aliphatic heterocycles. The Morgan fingerprint density at radius 1 is 1.30 bits per heavy atom. The van der Waals surface area contributed by atoms with Crippen LogP contribution >= 0.6 is 27.5 Å². The maximum absolute atomic E-state index is 13.2. The SMILES string of the molecule is NC(=O)c1ccc(CNc2cc(F)ccc2Br)c(Cl)c1. The van der Waals surface area contributed by atoms with Crippen LogP contribution in [0.3, 0.4) is 0 Å². The lowest BCUT2D eigenvalue weighted by molar-refractivity contribution is 0.100. The average Bonchev–Trinajstić information content (AvgIpc) is 2.40. The molecule has 2 aromatic carbocycles. The third kappa shape index (κ3) is 3.49. The van der Waals surface area contributed by atoms with Crippen LogP contribution in [0.2, 0.25) is 5.02 Å². The molecule has 0 spiro atoms. The van der Waals surface area contributed by atoms with Gasteiger partial charge in [0.25, 0.3) is 0 Å². The Bertz CT molecular complexity index is 664. The van der Waals surface area contributed by atoms with E-state index in [-0.39, 0.29) is 5.82 Å². The molecule has 0 saturated heterocycles. The van der Waals surface area contributed by atoms with E-state index in [1.165, 1.54) is 18.2 Å². The highest BCUT2D eigenvalue weighted by atomic mass is 79.9. The van der Waals surface area contributed by atoms with Gasteiger partial charge >= 0.3 is 0 Å². The van der Waals surface area contributed by atoms with E-state index < -0.39 is 5.91 Å². The number of nitrogens with two attached hydrogens (primary N) is 1. The van der Waals surface area contributed by atoms with E-state index in [9.17, 15) is 9.18 Å². The van der Waals surface area contributed by atoms with Crippen LogP contribution in [0.5, 0.6) is 0 Å². The number of hydrogen-bond donors (Lipinski definition) is 2. The van der Waals surface area contributed by atoms with Gasteiger partial charge in [-0.2, -0.15) is 0 Å². The van der Waals surface area contributed by atoms with Gasteiger partial charge in [0.15, 0.2) is 0 Å². The molecule has 0 atom stereocenters. The van der Waals surface area contributed by atoms with Gasteiger partial charge in [0, 0.05) is 21.6 Å². The first-order valence-electron chi connectivity index (χ1n) is 5.74. The minimum atomic E-state index is -0.528. The summed E-state index contributed by atoms with van der Waals surface area (Å²) in [4.78, 5) is 11.0. The third-order valence-electron chi connectivity index (χ3n) is 2.74. The maximum Gasteiger partial charge on any atom is 0.248 e. The second-order valence-corrected chi connectivity index (χ2v) is 5.41. The first-order chi connectivity index (χ1) is 9.47. The van der Waals surface area contributed by atoms with Crippen LogP contribution in [-0.4, -0.2) is 5.91 Å². The van der Waals surface area contributed by atoms with Crippen molar-refractivity contribution in [3.05, 3.63) is 62.8 Å². The van der Waals surface area contributed by atoms with Crippen LogP contribution in [0.4, 0.5) is 10.1 Å². The molecule has 2 rings (SSSR count). The maximum atomic E-state index is 13.2. The number of carbonyl (C=O) groups excluding carboxylic acids is 1. The van der Waals surface area contributed by atoms with E-state index in [2.05, 4.69) is 21.2 Å². The molecule has 0 aliphatic rings. The zero-order chi connectivity index (χ0) is 14.7. The predicted octanol–water partition coefficient (Wildman–Crippen LogP) is 3.95. The Morgan fingerprint density at radius 3 is 2.70 bits per heavy atom. The van der Waals surface area contributed by atoms with Crippen molar-refractivity contribution in [1.29, 1.82) is 0 Å². The lowest BCUT2D eigenvalue weighted by atomic mass is 10.1. The van der Waals surface area contributed by atoms with Crippen molar-refractivity contribution in [2.75, 3.05) is 5.32 Å². The smallest absolute Gasteiger partial charge is 0.248 e. The fourth-order valence-corrected chi connectivity index (χ4v) is 2.30. The quantitative estimate of drug-likeness (QED) is 0.870. The first-order valence-corrected chi connectivity index (χ1v) is 6.91. The van der Waals surface area contributed by atoms with Gasteiger partial charge in [-0.25, -0.2) is 4.39 Å². The summed E-state index contributed by atoms with van der Waals surface area (Å²) in [7, 11) is 0. The normalized spacial score (nSPS) is 10.3. The highest BCUT2D eigenvalue weighted by Gasteiger charge is 2.07. The van der Waals surface area contributed by atoms with Crippen molar-refractivity contribution >= 4 is 39.1 Å². The van der Waals surface area contributed by atoms with Gasteiger partial charge in [0.2, 0.25) is 5.91 Å². The molecule has 0 aromatic heterocycles. The summed E-state index contributed by atoms with van der Waals surface area (Å²) in [5.41, 5.74) is 6.94. The molecule has 0 heterocycles. The molecule has 0 unspecified atom stereocenters. The fourth-order valence-electron chi connectivity index (χ4n) is 1.67. The Labute approximate surface area is 129 Å². The first kappa shape index (κ1) is 14.8. The molecule has 3 N–H and O–H groups in total. The van der Waals surface area contributed by atoms with Crippen LogP contribution in [0.1, 0.15) is 15.9 Å². The van der Waals surface area contributed by atoms with E-state index in [1.54, 1.807) is 18.2 Å². The molecule has 0 saturated carbocycles. The van der Waals surface area contributed by atoms with Gasteiger partial charge in [-0.05, 0) is 51.8 Å². The average molecular weight is 358 g/mol. The lowest BCUT2D eigenvalue weighted by Gasteiger charge is -2.10. The van der Waals surface area contributed by atoms with Crippen LogP contribution in [0.15, 0.2) is 40.9 Å². The topological polar surface area (TPSA) is 55.1 Å². The molecule has 0 aliphatic carbocycles. The van der Waals surface area contributed by atoms with Gasteiger partial charge in [-0.1, -0.05) is 17.7 Å². The van der Waals surface area contributed by atoms with Crippen molar-refractivity contribution in [2.45, 2.75) is 6.54 Å². The van der Waals surface area contributed by atoms with Crippen molar-refractivity contribution in [3.8, 4) is 0 Å². The molecule has 20 heavy (non-hydrogen) atoms. The summed E-state index contributed by atoms with van der Waals surface area (Å²) in [5.74, 6) is -0.856. The molecule has 104 valence electrons. The number of carbonyl (C=O) groups is 1. The molecular weight excluding hydrogens is 347 g/mol. The number of nitrogens with one attached hydrogen (secondary N) is 1. The third-order valence-corrected chi connectivity index (χ3v) is 3.78. The summed E-state index contributed by atoms with van der Waals surface area (Å²) in [6.07, 6.45) is 0. The largest absolute Gasteiger partial charge is 0.380 e. The summed E-state index contributed by atoms with van der Waals surface area (Å²) in [6, 6.07) is 9.20. The summed E-state index contributed by atoms with van der Waals surface area (Å²) >= 11 is 9.41. The number of amides is 1. The summed E-state index contributed by atoms with van der Waals surface area (Å²) in [6.45, 7) is 0.403. The molecule has 0 radical (unpaired) electrons. The number of primary amides is 1. The van der Waals surface area contributed by atoms with Crippen LogP contribution < -0.4 is 11.1 Å². The second kappa shape index (κ2) is 6.24. The molecular formula is C14H11BrClFN2O. The van der Waals surface area contributed by atoms with Gasteiger partial charge in [0.05, 0.1) is 5.69 Å². The van der Waals surface area contributed by atoms with Crippen molar-refractivity contribution in [3.63, 3.8) is 0 Å². The number of hydrogen-bond acceptors (Lipinski definition) is 2. The van der Waals surface area contributed by atoms with Gasteiger partial charge in [-0.15, -0.1) is 0 Å². The van der Waals surface area contributed by atoms with Crippen molar-refractivity contribution in [1.82, 2.24) is 0 Å². The highest BCUT2D eigenvalue weighted by molar-refractivity contribution is 9.10. The van der Waals surface area contributed by atoms with Crippen LogP contribution in [0.25, 0.3) is 0 Å². The zero-order valence-electron chi connectivity index (χ0n) is 10.3. The summed E-state index contributed by atoms with van der Waals surface area (Å²) < 4.78 is 13.9. The Kier molecular flexibility index (Phi) is 4.62. The predicted molar refractivity (Wildman–Crippen MR) is 81.4 cm³/mol. The molecule has 2 aromatic rings.